The first-order valence-corrected chi connectivity index (χ1v) is 15.9. The zero-order valence-corrected chi connectivity index (χ0v) is 27.1. The lowest BCUT2D eigenvalue weighted by molar-refractivity contribution is -0.123. The number of carbonyl (C=O) groups is 2. The number of ether oxygens (including phenoxy) is 3. The van der Waals surface area contributed by atoms with Crippen LogP contribution in [0.5, 0.6) is 28.7 Å². The Bertz CT molecular complexity index is 1240. The lowest BCUT2D eigenvalue weighted by atomic mass is 9.64. The van der Waals surface area contributed by atoms with E-state index in [1.807, 2.05) is 0 Å². The monoisotopic (exact) mass is 645 g/mol. The minimum Gasteiger partial charge on any atom is -0.504 e. The quantitative estimate of drug-likeness (QED) is 0.0554. The standard InChI is InChI=1S/C33H51N5O8/c1-44-20-25-24(19-39)31(21-14-28(45-2)33(43)29(15-21)46-3)22-16-26(40)27(41)17-23(22)32(25)38-30(42)18-37-13-7-12-36-10-5-4-9-35-11-6-8-34/h14-17,19,24-25,31-32,35-37,40-41,43H,4-13,18,20,34H2,1-3H3,(H,38,42)/t24?,25-,31?,32+/m0/s1. The van der Waals surface area contributed by atoms with Gasteiger partial charge in [-0.2, -0.15) is 0 Å². The van der Waals surface area contributed by atoms with Crippen molar-refractivity contribution in [2.24, 2.45) is 17.6 Å². The van der Waals surface area contributed by atoms with Crippen LogP contribution in [-0.2, 0) is 14.3 Å². The van der Waals surface area contributed by atoms with Crippen molar-refractivity contribution in [2.75, 3.05) is 73.7 Å². The average molecular weight is 646 g/mol. The molecule has 0 heterocycles. The maximum Gasteiger partial charge on any atom is 0.234 e. The number of aromatic hydroxyl groups is 3. The number of rotatable bonds is 21. The van der Waals surface area contributed by atoms with Gasteiger partial charge < -0.3 is 61.3 Å². The van der Waals surface area contributed by atoms with Crippen LogP contribution in [-0.4, -0.2) is 101 Å². The highest BCUT2D eigenvalue weighted by atomic mass is 16.5. The van der Waals surface area contributed by atoms with Crippen LogP contribution in [0, 0.1) is 11.8 Å². The third-order valence-electron chi connectivity index (χ3n) is 8.36. The van der Waals surface area contributed by atoms with E-state index in [4.69, 9.17) is 19.9 Å². The van der Waals surface area contributed by atoms with Crippen LogP contribution in [0.2, 0.25) is 0 Å². The van der Waals surface area contributed by atoms with E-state index in [2.05, 4.69) is 21.3 Å². The molecule has 1 aliphatic rings. The van der Waals surface area contributed by atoms with Crippen molar-refractivity contribution in [1.29, 1.82) is 0 Å². The van der Waals surface area contributed by atoms with Gasteiger partial charge in [0.2, 0.25) is 11.7 Å². The molecule has 1 aliphatic carbocycles. The summed E-state index contributed by atoms with van der Waals surface area (Å²) < 4.78 is 16.2. The van der Waals surface area contributed by atoms with Crippen molar-refractivity contribution in [2.45, 2.75) is 37.6 Å². The van der Waals surface area contributed by atoms with Crippen LogP contribution in [0.25, 0.3) is 0 Å². The molecule has 1 amide bonds. The summed E-state index contributed by atoms with van der Waals surface area (Å²) in [6.07, 6.45) is 4.84. The second-order valence-electron chi connectivity index (χ2n) is 11.5. The van der Waals surface area contributed by atoms with E-state index in [0.29, 0.717) is 29.8 Å². The second-order valence-corrected chi connectivity index (χ2v) is 11.5. The number of hydrogen-bond donors (Lipinski definition) is 8. The number of nitrogens with one attached hydrogen (secondary N) is 4. The van der Waals surface area contributed by atoms with Crippen molar-refractivity contribution in [1.82, 2.24) is 21.3 Å². The number of hydrogen-bond acceptors (Lipinski definition) is 12. The van der Waals surface area contributed by atoms with Gasteiger partial charge in [-0.25, -0.2) is 0 Å². The van der Waals surface area contributed by atoms with Crippen LogP contribution < -0.4 is 36.5 Å². The number of nitrogens with two attached hydrogens (primary N) is 1. The van der Waals surface area contributed by atoms with Gasteiger partial charge in [-0.3, -0.25) is 4.79 Å². The number of amides is 1. The molecule has 13 nitrogen and oxygen atoms in total. The van der Waals surface area contributed by atoms with Crippen LogP contribution in [0.15, 0.2) is 24.3 Å². The van der Waals surface area contributed by atoms with E-state index < -0.39 is 23.8 Å². The fourth-order valence-corrected chi connectivity index (χ4v) is 6.06. The number of aldehydes is 1. The Hall–Kier alpha value is -3.62. The molecule has 2 unspecified atom stereocenters. The Kier molecular flexibility index (Phi) is 15.3. The average Bonchev–Trinajstić information content (AvgIpc) is 3.05. The molecule has 0 saturated heterocycles. The number of phenols is 3. The summed E-state index contributed by atoms with van der Waals surface area (Å²) in [5, 5.41) is 44.5. The maximum absolute atomic E-state index is 13.2. The first kappa shape index (κ1) is 36.8. The lowest BCUT2D eigenvalue weighted by Crippen LogP contribution is -2.46. The number of carbonyl (C=O) groups excluding carboxylic acids is 2. The number of unbranched alkanes of at least 4 members (excludes halogenated alkanes) is 1. The number of methoxy groups -OCH3 is 3. The highest BCUT2D eigenvalue weighted by molar-refractivity contribution is 5.79. The van der Waals surface area contributed by atoms with Crippen LogP contribution >= 0.6 is 0 Å². The van der Waals surface area contributed by atoms with Gasteiger partial charge in [-0.15, -0.1) is 0 Å². The van der Waals surface area contributed by atoms with Gasteiger partial charge in [-0.05, 0) is 106 Å². The Morgan fingerprint density at radius 2 is 1.39 bits per heavy atom. The summed E-state index contributed by atoms with van der Waals surface area (Å²) in [5.41, 5.74) is 7.14. The molecule has 2 aromatic carbocycles. The molecule has 0 radical (unpaired) electrons. The van der Waals surface area contributed by atoms with E-state index in [1.165, 1.54) is 33.5 Å². The third kappa shape index (κ3) is 9.69. The summed E-state index contributed by atoms with van der Waals surface area (Å²) in [6.45, 7) is 5.25. The summed E-state index contributed by atoms with van der Waals surface area (Å²) in [4.78, 5) is 26.0. The molecule has 0 aromatic heterocycles. The van der Waals surface area contributed by atoms with Gasteiger partial charge in [0.1, 0.15) is 6.29 Å². The van der Waals surface area contributed by atoms with Crippen molar-refractivity contribution in [3.8, 4) is 28.7 Å². The van der Waals surface area contributed by atoms with Gasteiger partial charge in [0.25, 0.3) is 0 Å². The molecule has 9 N–H and O–H groups in total. The maximum atomic E-state index is 13.2. The smallest absolute Gasteiger partial charge is 0.234 e. The molecule has 0 aliphatic heterocycles. The minimum atomic E-state index is -0.721. The fraction of sp³-hybridized carbons (Fsp3) is 0.576. The van der Waals surface area contributed by atoms with Gasteiger partial charge >= 0.3 is 0 Å². The second kappa shape index (κ2) is 19.1. The van der Waals surface area contributed by atoms with Crippen molar-refractivity contribution < 1.29 is 39.1 Å². The number of benzene rings is 2. The summed E-state index contributed by atoms with van der Waals surface area (Å²) in [7, 11) is 4.33. The zero-order chi connectivity index (χ0) is 33.5. The summed E-state index contributed by atoms with van der Waals surface area (Å²) in [5.74, 6) is -2.79. The Morgan fingerprint density at radius 1 is 0.826 bits per heavy atom. The molecule has 13 heteroatoms. The van der Waals surface area contributed by atoms with Crippen LogP contribution in [0.3, 0.4) is 0 Å². The van der Waals surface area contributed by atoms with Gasteiger partial charge in [0, 0.05) is 24.9 Å². The SMILES string of the molecule is COC[C@H]1C(C=O)C(c2cc(OC)c(O)c(OC)c2)c2cc(O)c(O)cc2[C@H]1NC(=O)CNCCCNCCCCNCCCN. The lowest BCUT2D eigenvalue weighted by Gasteiger charge is -2.42. The number of fused-ring (bicyclic) bond motifs is 1. The molecule has 0 bridgehead atoms. The van der Waals surface area contributed by atoms with E-state index in [-0.39, 0.29) is 47.8 Å². The van der Waals surface area contributed by atoms with Crippen LogP contribution in [0.4, 0.5) is 0 Å². The first-order valence-electron chi connectivity index (χ1n) is 15.9. The van der Waals surface area contributed by atoms with Gasteiger partial charge in [0.15, 0.2) is 23.0 Å². The largest absolute Gasteiger partial charge is 0.504 e. The molecular formula is C33H51N5O8. The Morgan fingerprint density at radius 3 is 1.96 bits per heavy atom. The molecule has 256 valence electrons. The highest BCUT2D eigenvalue weighted by Crippen LogP contribution is 2.52. The van der Waals surface area contributed by atoms with E-state index in [0.717, 1.165) is 58.1 Å². The van der Waals surface area contributed by atoms with Gasteiger partial charge in [0.05, 0.1) is 33.4 Å². The third-order valence-corrected chi connectivity index (χ3v) is 8.36. The molecular weight excluding hydrogens is 594 g/mol. The Balaban J connectivity index is 1.70. The minimum absolute atomic E-state index is 0.0611. The molecule has 46 heavy (non-hydrogen) atoms. The molecule has 0 saturated carbocycles. The Labute approximate surface area is 271 Å². The van der Waals surface area contributed by atoms with Crippen LogP contribution in [0.1, 0.15) is 54.3 Å². The molecule has 0 fully saturated rings. The molecule has 2 aromatic rings. The molecule has 3 rings (SSSR count). The predicted octanol–water partition coefficient (Wildman–Crippen LogP) is 1.49. The van der Waals surface area contributed by atoms with Crippen molar-refractivity contribution >= 4 is 12.2 Å². The molecule has 0 spiro atoms. The summed E-state index contributed by atoms with van der Waals surface area (Å²) >= 11 is 0. The number of phenolic OH excluding ortho intramolecular Hbond substituents is 3. The van der Waals surface area contributed by atoms with Crippen molar-refractivity contribution in [3.05, 3.63) is 41.0 Å². The van der Waals surface area contributed by atoms with E-state index in [9.17, 15) is 24.9 Å². The predicted molar refractivity (Wildman–Crippen MR) is 175 cm³/mol. The topological polar surface area (TPSA) is 197 Å². The van der Waals surface area contributed by atoms with E-state index in [1.54, 1.807) is 12.1 Å². The molecule has 4 atom stereocenters. The highest BCUT2D eigenvalue weighted by Gasteiger charge is 2.45. The zero-order valence-electron chi connectivity index (χ0n) is 27.1. The fourth-order valence-electron chi connectivity index (χ4n) is 6.06. The first-order chi connectivity index (χ1) is 22.3. The summed E-state index contributed by atoms with van der Waals surface area (Å²) in [6, 6.07) is 5.33. The van der Waals surface area contributed by atoms with Crippen molar-refractivity contribution in [3.63, 3.8) is 0 Å². The van der Waals surface area contributed by atoms with Gasteiger partial charge in [-0.1, -0.05) is 0 Å². The van der Waals surface area contributed by atoms with E-state index >= 15 is 0 Å². The normalized spacial score (nSPS) is 19.0.